The number of hydrogen-bond donors (Lipinski definition) is 0. The van der Waals surface area contributed by atoms with Crippen LogP contribution in [-0.2, 0) is 0 Å². The van der Waals surface area contributed by atoms with Crippen LogP contribution in [0.15, 0.2) is 0 Å². The van der Waals surface area contributed by atoms with Crippen molar-refractivity contribution in [2.24, 2.45) is 52.3 Å². The Labute approximate surface area is 203 Å². The van der Waals surface area contributed by atoms with Gasteiger partial charge in [0.1, 0.15) is 0 Å². The van der Waals surface area contributed by atoms with Gasteiger partial charge in [0.25, 0.3) is 0 Å². The van der Waals surface area contributed by atoms with E-state index in [1.54, 1.807) is 0 Å². The van der Waals surface area contributed by atoms with Gasteiger partial charge >= 0.3 is 6.18 Å². The minimum absolute atomic E-state index is 0.305. The lowest BCUT2D eigenvalue weighted by Gasteiger charge is -2.61. The van der Waals surface area contributed by atoms with Crippen molar-refractivity contribution >= 4 is 0 Å². The molecule has 0 amide bonds. The number of rotatable bonds is 6. The highest BCUT2D eigenvalue weighted by molar-refractivity contribution is 5.09. The molecular weight excluding hydrogens is 417 g/mol. The Hall–Kier alpha value is -0.210. The number of unbranched alkanes of at least 4 members (excludes halogenated alkanes) is 1. The highest BCUT2D eigenvalue weighted by atomic mass is 19.4. The second-order valence-electron chi connectivity index (χ2n) is 12.8. The van der Waals surface area contributed by atoms with E-state index in [1.807, 2.05) is 13.8 Å². The van der Waals surface area contributed by atoms with Crippen LogP contribution in [0.3, 0.4) is 0 Å². The van der Waals surface area contributed by atoms with Gasteiger partial charge in [-0.05, 0) is 117 Å². The van der Waals surface area contributed by atoms with Gasteiger partial charge < -0.3 is 0 Å². The van der Waals surface area contributed by atoms with Crippen LogP contribution in [-0.4, -0.2) is 6.18 Å². The fraction of sp³-hybridized carbons (Fsp3) is 1.00. The van der Waals surface area contributed by atoms with Crippen molar-refractivity contribution in [1.82, 2.24) is 0 Å². The molecule has 4 aliphatic carbocycles. The molecule has 9 atom stereocenters. The first-order chi connectivity index (χ1) is 15.6. The van der Waals surface area contributed by atoms with E-state index < -0.39 is 12.1 Å². The molecule has 4 saturated carbocycles. The third kappa shape index (κ3) is 5.32. The molecule has 0 aromatic rings. The number of fused-ring (bicyclic) bond motifs is 5. The second-order valence-corrected chi connectivity index (χ2v) is 12.8. The van der Waals surface area contributed by atoms with Crippen LogP contribution in [0.25, 0.3) is 0 Å². The van der Waals surface area contributed by atoms with Crippen molar-refractivity contribution in [1.29, 1.82) is 0 Å². The molecule has 0 N–H and O–H groups in total. The Morgan fingerprint density at radius 2 is 1.52 bits per heavy atom. The lowest BCUT2D eigenvalue weighted by molar-refractivity contribution is -0.171. The molecule has 4 aliphatic rings. The van der Waals surface area contributed by atoms with Crippen molar-refractivity contribution in [2.45, 2.75) is 138 Å². The zero-order valence-corrected chi connectivity index (χ0v) is 22.6. The summed E-state index contributed by atoms with van der Waals surface area (Å²) >= 11 is 0. The quantitative estimate of drug-likeness (QED) is 0.339. The minimum Gasteiger partial charge on any atom is -0.171 e. The largest absolute Gasteiger partial charge is 0.391 e. The highest BCUT2D eigenvalue weighted by Crippen LogP contribution is 2.68. The first-order valence-corrected chi connectivity index (χ1v) is 14.7. The fourth-order valence-corrected chi connectivity index (χ4v) is 9.31. The fourth-order valence-electron chi connectivity index (χ4n) is 9.31. The summed E-state index contributed by atoms with van der Waals surface area (Å²) in [5, 5.41) is 0. The van der Waals surface area contributed by atoms with Gasteiger partial charge in [0, 0.05) is 0 Å². The van der Waals surface area contributed by atoms with E-state index in [0.717, 1.165) is 54.8 Å². The van der Waals surface area contributed by atoms with Crippen LogP contribution in [0.1, 0.15) is 131 Å². The zero-order chi connectivity index (χ0) is 24.4. The lowest BCUT2D eigenvalue weighted by Crippen LogP contribution is -2.53. The average Bonchev–Trinajstić information content (AvgIpc) is 3.13. The standard InChI is InChI=1S/C28H47F3.C2H6/c1-5-20-14-16-27(4)22(18-20)10-12-23-24-13-11-21(26(24,3)17-15-25(23)27)9-7-6-8-19(2)28(29,30)31;1-2/h19-25H,5-18H2,1-4H3;1-2H3/t19-,20?,21?,22?,23?,24?,25?,26?,27?;/m0./s1. The minimum atomic E-state index is -4.02. The SMILES string of the molecule is CC.CCC1CCC2(C)C(CCC3C4CCC(CCCC[C@H](C)C(F)(F)F)C4(C)CCC32)C1. The lowest BCUT2D eigenvalue weighted by atomic mass is 9.44. The molecule has 4 rings (SSSR count). The summed E-state index contributed by atoms with van der Waals surface area (Å²) in [4.78, 5) is 0. The number of alkyl halides is 3. The van der Waals surface area contributed by atoms with Crippen LogP contribution in [0, 0.1) is 52.3 Å². The maximum atomic E-state index is 12.8. The Morgan fingerprint density at radius 1 is 0.848 bits per heavy atom. The Balaban J connectivity index is 0.00000149. The van der Waals surface area contributed by atoms with Crippen molar-refractivity contribution in [3.63, 3.8) is 0 Å². The number of halogens is 3. The maximum absolute atomic E-state index is 12.8. The Kier molecular flexibility index (Phi) is 8.97. The molecule has 0 radical (unpaired) electrons. The molecule has 8 unspecified atom stereocenters. The molecule has 0 heterocycles. The van der Waals surface area contributed by atoms with E-state index in [2.05, 4.69) is 20.8 Å². The summed E-state index contributed by atoms with van der Waals surface area (Å²) in [5.41, 5.74) is 1.04. The molecule has 33 heavy (non-hydrogen) atoms. The molecule has 0 aromatic carbocycles. The van der Waals surface area contributed by atoms with E-state index in [0.29, 0.717) is 17.3 Å². The molecule has 4 fully saturated rings. The van der Waals surface area contributed by atoms with E-state index in [4.69, 9.17) is 0 Å². The van der Waals surface area contributed by atoms with Crippen molar-refractivity contribution < 1.29 is 13.2 Å². The average molecular weight is 471 g/mol. The monoisotopic (exact) mass is 470 g/mol. The normalized spacial score (nSPS) is 43.5. The van der Waals surface area contributed by atoms with Crippen molar-refractivity contribution in [3.8, 4) is 0 Å². The van der Waals surface area contributed by atoms with Gasteiger partial charge in [0.15, 0.2) is 0 Å². The van der Waals surface area contributed by atoms with E-state index in [9.17, 15) is 13.2 Å². The Bertz CT molecular complexity index is 612. The molecule has 3 heteroatoms. The predicted octanol–water partition coefficient (Wildman–Crippen LogP) is 10.5. The first kappa shape index (κ1) is 27.4. The van der Waals surface area contributed by atoms with Crippen molar-refractivity contribution in [2.75, 3.05) is 0 Å². The van der Waals surface area contributed by atoms with Crippen LogP contribution in [0.2, 0.25) is 0 Å². The van der Waals surface area contributed by atoms with E-state index >= 15 is 0 Å². The van der Waals surface area contributed by atoms with Gasteiger partial charge in [-0.1, -0.05) is 60.8 Å². The van der Waals surface area contributed by atoms with Crippen LogP contribution in [0.5, 0.6) is 0 Å². The molecule has 0 nitrogen and oxygen atoms in total. The topological polar surface area (TPSA) is 0 Å². The van der Waals surface area contributed by atoms with E-state index in [1.165, 1.54) is 71.1 Å². The maximum Gasteiger partial charge on any atom is 0.391 e. The molecule has 0 saturated heterocycles. The van der Waals surface area contributed by atoms with Gasteiger partial charge in [0.2, 0.25) is 0 Å². The molecule has 0 aromatic heterocycles. The Morgan fingerprint density at radius 3 is 2.18 bits per heavy atom. The summed E-state index contributed by atoms with van der Waals surface area (Å²) in [7, 11) is 0. The smallest absolute Gasteiger partial charge is 0.171 e. The van der Waals surface area contributed by atoms with Crippen LogP contribution >= 0.6 is 0 Å². The third-order valence-corrected chi connectivity index (χ3v) is 11.5. The van der Waals surface area contributed by atoms with E-state index in [-0.39, 0.29) is 0 Å². The summed E-state index contributed by atoms with van der Waals surface area (Å²) in [5.74, 6) is 4.28. The summed E-state index contributed by atoms with van der Waals surface area (Å²) in [6.45, 7) is 13.0. The molecule has 0 bridgehead atoms. The highest BCUT2D eigenvalue weighted by Gasteiger charge is 2.59. The first-order valence-electron chi connectivity index (χ1n) is 14.7. The molecule has 194 valence electrons. The zero-order valence-electron chi connectivity index (χ0n) is 22.6. The molecule has 0 aliphatic heterocycles. The summed E-state index contributed by atoms with van der Waals surface area (Å²) < 4.78 is 38.4. The summed E-state index contributed by atoms with van der Waals surface area (Å²) in [6.07, 6.45) is 13.4. The summed E-state index contributed by atoms with van der Waals surface area (Å²) in [6, 6.07) is 0. The number of hydrogen-bond acceptors (Lipinski definition) is 0. The van der Waals surface area contributed by atoms with Gasteiger partial charge in [0.05, 0.1) is 5.92 Å². The molecule has 0 spiro atoms. The third-order valence-electron chi connectivity index (χ3n) is 11.5. The predicted molar refractivity (Wildman–Crippen MR) is 134 cm³/mol. The van der Waals surface area contributed by atoms with Gasteiger partial charge in [-0.2, -0.15) is 13.2 Å². The second kappa shape index (κ2) is 10.8. The van der Waals surface area contributed by atoms with Crippen LogP contribution in [0.4, 0.5) is 13.2 Å². The van der Waals surface area contributed by atoms with Gasteiger partial charge in [-0.3, -0.25) is 0 Å². The molecular formula is C30H53F3. The van der Waals surface area contributed by atoms with Crippen LogP contribution < -0.4 is 0 Å². The van der Waals surface area contributed by atoms with Gasteiger partial charge in [-0.15, -0.1) is 0 Å². The van der Waals surface area contributed by atoms with Gasteiger partial charge in [-0.25, -0.2) is 0 Å². The van der Waals surface area contributed by atoms with Crippen molar-refractivity contribution in [3.05, 3.63) is 0 Å².